The molecule has 0 heterocycles. The smallest absolute Gasteiger partial charge is 0.262 e. The molecule has 1 amide bonds. The van der Waals surface area contributed by atoms with Crippen molar-refractivity contribution in [2.75, 3.05) is 17.1 Å². The third-order valence-corrected chi connectivity index (χ3v) is 5.24. The van der Waals surface area contributed by atoms with Crippen LogP contribution in [-0.4, -0.2) is 27.5 Å². The van der Waals surface area contributed by atoms with Gasteiger partial charge >= 0.3 is 0 Å². The van der Waals surface area contributed by atoms with Crippen LogP contribution < -0.4 is 20.5 Å². The summed E-state index contributed by atoms with van der Waals surface area (Å²) in [5, 5.41) is 2.64. The number of hydrogen-bond acceptors (Lipinski definition) is 5. The molecular weight excluding hydrogens is 409 g/mol. The van der Waals surface area contributed by atoms with Crippen LogP contribution in [0.15, 0.2) is 47.4 Å². The van der Waals surface area contributed by atoms with Crippen molar-refractivity contribution in [3.63, 3.8) is 0 Å². The number of carbonyl (C=O) groups is 1. The van der Waals surface area contributed by atoms with E-state index in [1.165, 1.54) is 19.2 Å². The molecule has 0 bridgehead atoms. The normalized spacial score (nSPS) is 12.1. The first-order chi connectivity index (χ1) is 12.6. The van der Waals surface area contributed by atoms with Crippen molar-refractivity contribution in [3.8, 4) is 5.75 Å². The number of halogens is 2. The Morgan fingerprint density at radius 1 is 1.14 bits per heavy atom. The Labute approximate surface area is 169 Å². The summed E-state index contributed by atoms with van der Waals surface area (Å²) in [7, 11) is -2.58. The van der Waals surface area contributed by atoms with Crippen molar-refractivity contribution >= 4 is 39.7 Å². The van der Waals surface area contributed by atoms with Gasteiger partial charge in [0.1, 0.15) is 11.6 Å². The average molecular weight is 432 g/mol. The number of methoxy groups -OCH3 is 1. The number of sulfonamides is 1. The van der Waals surface area contributed by atoms with E-state index in [-0.39, 0.29) is 40.6 Å². The second-order valence-corrected chi connectivity index (χ2v) is 7.92. The lowest BCUT2D eigenvalue weighted by Gasteiger charge is -2.17. The van der Waals surface area contributed by atoms with Crippen LogP contribution >= 0.6 is 12.4 Å². The second-order valence-electron chi connectivity index (χ2n) is 6.23. The van der Waals surface area contributed by atoms with E-state index in [1.807, 2.05) is 13.8 Å². The topological polar surface area (TPSA) is 111 Å². The minimum atomic E-state index is -3.97. The fraction of sp³-hybridized carbons (Fsp3) is 0.278. The zero-order chi connectivity index (χ0) is 20.2. The number of nitrogens with one attached hydrogen (secondary N) is 2. The molecule has 2 aromatic carbocycles. The number of hydrogen-bond donors (Lipinski definition) is 3. The minimum absolute atomic E-state index is 0. The van der Waals surface area contributed by atoms with Gasteiger partial charge in [-0.05, 0) is 48.4 Å². The summed E-state index contributed by atoms with van der Waals surface area (Å²) in [6, 6.07) is 8.20. The molecule has 0 aromatic heterocycles. The van der Waals surface area contributed by atoms with Crippen LogP contribution in [0.5, 0.6) is 5.75 Å². The number of carbonyl (C=O) groups excluding carboxylic acids is 1. The van der Waals surface area contributed by atoms with Crippen molar-refractivity contribution in [1.29, 1.82) is 0 Å². The van der Waals surface area contributed by atoms with Gasteiger partial charge in [-0.3, -0.25) is 9.52 Å². The van der Waals surface area contributed by atoms with Gasteiger partial charge in [0.25, 0.3) is 10.0 Å². The van der Waals surface area contributed by atoms with E-state index in [2.05, 4.69) is 10.0 Å². The van der Waals surface area contributed by atoms with Gasteiger partial charge in [-0.2, -0.15) is 0 Å². The first-order valence-electron chi connectivity index (χ1n) is 8.17. The van der Waals surface area contributed by atoms with Gasteiger partial charge in [0, 0.05) is 5.69 Å². The molecule has 0 unspecified atom stereocenters. The minimum Gasteiger partial charge on any atom is -0.495 e. The van der Waals surface area contributed by atoms with E-state index in [1.54, 1.807) is 6.07 Å². The first-order valence-corrected chi connectivity index (χ1v) is 9.65. The van der Waals surface area contributed by atoms with Crippen LogP contribution in [0.3, 0.4) is 0 Å². The monoisotopic (exact) mass is 431 g/mol. The Morgan fingerprint density at radius 3 is 2.29 bits per heavy atom. The molecule has 28 heavy (non-hydrogen) atoms. The summed E-state index contributed by atoms with van der Waals surface area (Å²) in [5.74, 6) is -0.730. The highest BCUT2D eigenvalue weighted by Gasteiger charge is 2.20. The summed E-state index contributed by atoms with van der Waals surface area (Å²) >= 11 is 0. The van der Waals surface area contributed by atoms with E-state index in [4.69, 9.17) is 10.5 Å². The van der Waals surface area contributed by atoms with Gasteiger partial charge in [0.05, 0.1) is 23.7 Å². The standard InChI is InChI=1S/C18H22FN3O4S.ClH/c1-11(2)17(20)18(23)21-13-6-9-16(26-3)15(10-13)22-27(24,25)14-7-4-12(19)5-8-14;/h4-11,17,22H,20H2,1-3H3,(H,21,23);1H/t17-;/m0./s1. The number of nitrogens with two attached hydrogens (primary N) is 1. The number of amides is 1. The van der Waals surface area contributed by atoms with Gasteiger partial charge in [-0.1, -0.05) is 13.8 Å². The molecule has 0 fully saturated rings. The van der Waals surface area contributed by atoms with Gasteiger partial charge in [-0.15, -0.1) is 12.4 Å². The highest BCUT2D eigenvalue weighted by molar-refractivity contribution is 7.92. The fourth-order valence-electron chi connectivity index (χ4n) is 2.21. The molecule has 7 nitrogen and oxygen atoms in total. The Morgan fingerprint density at radius 2 is 1.75 bits per heavy atom. The van der Waals surface area contributed by atoms with E-state index in [0.29, 0.717) is 5.69 Å². The SMILES string of the molecule is COc1ccc(NC(=O)[C@@H](N)C(C)C)cc1NS(=O)(=O)c1ccc(F)cc1.Cl. The van der Waals surface area contributed by atoms with Gasteiger partial charge in [-0.25, -0.2) is 12.8 Å². The summed E-state index contributed by atoms with van der Waals surface area (Å²) in [6.45, 7) is 3.64. The molecule has 0 spiro atoms. The fourth-order valence-corrected chi connectivity index (χ4v) is 3.27. The molecule has 0 radical (unpaired) electrons. The zero-order valence-corrected chi connectivity index (χ0v) is 17.2. The molecule has 0 aliphatic carbocycles. The van der Waals surface area contributed by atoms with E-state index in [0.717, 1.165) is 24.3 Å². The lowest BCUT2D eigenvalue weighted by atomic mass is 10.0. The molecule has 0 saturated heterocycles. The van der Waals surface area contributed by atoms with Crippen molar-refractivity contribution in [3.05, 3.63) is 48.3 Å². The van der Waals surface area contributed by atoms with Gasteiger partial charge in [0.15, 0.2) is 0 Å². The lowest BCUT2D eigenvalue weighted by Crippen LogP contribution is -2.39. The summed E-state index contributed by atoms with van der Waals surface area (Å²) in [4.78, 5) is 12.0. The van der Waals surface area contributed by atoms with Crippen LogP contribution in [0.2, 0.25) is 0 Å². The molecule has 154 valence electrons. The van der Waals surface area contributed by atoms with Crippen molar-refractivity contribution in [2.45, 2.75) is 24.8 Å². The third kappa shape index (κ3) is 5.82. The van der Waals surface area contributed by atoms with Gasteiger partial charge < -0.3 is 15.8 Å². The van der Waals surface area contributed by atoms with E-state index >= 15 is 0 Å². The van der Waals surface area contributed by atoms with E-state index < -0.39 is 21.9 Å². The molecule has 0 saturated carbocycles. The molecule has 2 aromatic rings. The number of anilines is 2. The van der Waals surface area contributed by atoms with E-state index in [9.17, 15) is 17.6 Å². The van der Waals surface area contributed by atoms with Crippen molar-refractivity contribution < 1.29 is 22.3 Å². The molecule has 10 heteroatoms. The zero-order valence-electron chi connectivity index (χ0n) is 15.6. The Balaban J connectivity index is 0.00000392. The van der Waals surface area contributed by atoms with Gasteiger partial charge in [0.2, 0.25) is 5.91 Å². The number of benzene rings is 2. The molecular formula is C18H23ClFN3O4S. The Hall–Kier alpha value is -2.36. The third-order valence-electron chi connectivity index (χ3n) is 3.86. The average Bonchev–Trinajstić information content (AvgIpc) is 2.61. The highest BCUT2D eigenvalue weighted by Crippen LogP contribution is 2.30. The van der Waals surface area contributed by atoms with Crippen LogP contribution in [-0.2, 0) is 14.8 Å². The largest absolute Gasteiger partial charge is 0.495 e. The van der Waals surface area contributed by atoms with Crippen LogP contribution in [0, 0.1) is 11.7 Å². The summed E-state index contributed by atoms with van der Waals surface area (Å²) < 4.78 is 45.6. The Kier molecular flexibility index (Phi) is 8.22. The van der Waals surface area contributed by atoms with Crippen LogP contribution in [0.1, 0.15) is 13.8 Å². The quantitative estimate of drug-likeness (QED) is 0.624. The molecule has 4 N–H and O–H groups in total. The molecule has 2 rings (SSSR count). The summed E-state index contributed by atoms with van der Waals surface area (Å²) in [6.07, 6.45) is 0. The summed E-state index contributed by atoms with van der Waals surface area (Å²) in [5.41, 5.74) is 6.29. The maximum atomic E-state index is 13.0. The second kappa shape index (κ2) is 9.72. The maximum absolute atomic E-state index is 13.0. The number of ether oxygens (including phenoxy) is 1. The predicted octanol–water partition coefficient (Wildman–Crippen LogP) is 2.98. The van der Waals surface area contributed by atoms with Crippen molar-refractivity contribution in [1.82, 2.24) is 0 Å². The number of rotatable bonds is 7. The predicted molar refractivity (Wildman–Crippen MR) is 109 cm³/mol. The van der Waals surface area contributed by atoms with Crippen LogP contribution in [0.25, 0.3) is 0 Å². The molecule has 1 atom stereocenters. The molecule has 0 aliphatic rings. The molecule has 0 aliphatic heterocycles. The maximum Gasteiger partial charge on any atom is 0.262 e. The van der Waals surface area contributed by atoms with Crippen LogP contribution in [0.4, 0.5) is 15.8 Å². The Bertz CT molecular complexity index is 921. The van der Waals surface area contributed by atoms with Crippen molar-refractivity contribution in [2.24, 2.45) is 11.7 Å². The first kappa shape index (κ1) is 23.7. The lowest BCUT2D eigenvalue weighted by molar-refractivity contribution is -0.118. The highest BCUT2D eigenvalue weighted by atomic mass is 35.5.